The number of anilines is 6. The molecule has 67 heavy (non-hydrogen) atoms. The molecule has 4 heterocycles. The molecule has 0 aliphatic carbocycles. The van der Waals surface area contributed by atoms with E-state index in [1.54, 1.807) is 11.8 Å². The number of nitrogens with one attached hydrogen (secondary N) is 1. The molecule has 2 aliphatic rings. The average Bonchev–Trinajstić information content (AvgIpc) is 3.93. The number of thiophene rings is 1. The summed E-state index contributed by atoms with van der Waals surface area (Å²) in [5.74, 6) is 1.77. The van der Waals surface area contributed by atoms with Gasteiger partial charge in [0.1, 0.15) is 16.3 Å². The van der Waals surface area contributed by atoms with Crippen molar-refractivity contribution in [3.05, 3.63) is 205 Å². The number of hydrogen-bond donors (Lipinski definition) is 1. The van der Waals surface area contributed by atoms with Gasteiger partial charge in [-0.2, -0.15) is 0 Å². The second kappa shape index (κ2) is 16.2. The number of fused-ring (bicyclic) bond motifs is 9. The summed E-state index contributed by atoms with van der Waals surface area (Å²) >= 11 is 3.61. The van der Waals surface area contributed by atoms with Gasteiger partial charge in [0.2, 0.25) is 0 Å². The summed E-state index contributed by atoms with van der Waals surface area (Å²) in [5, 5.41) is 3.72. The Kier molecular flexibility index (Phi) is 9.62. The van der Waals surface area contributed by atoms with E-state index < -0.39 is 0 Å². The predicted molar refractivity (Wildman–Crippen MR) is 286 cm³/mol. The van der Waals surface area contributed by atoms with Crippen LogP contribution in [-0.2, 0) is 6.42 Å². The molecule has 13 rings (SSSR count). The molecule has 0 saturated carbocycles. The molecular weight excluding hydrogens is 854 g/mol. The van der Waals surface area contributed by atoms with Crippen molar-refractivity contribution in [3.63, 3.8) is 0 Å². The minimum atomic E-state index is 0.874. The Morgan fingerprint density at radius 1 is 0.597 bits per heavy atom. The van der Waals surface area contributed by atoms with Crippen molar-refractivity contribution >= 4 is 107 Å². The molecule has 2 aromatic heterocycles. The fraction of sp³-hybridized carbons (Fsp3) is 0.0667. The number of hydrogen-bond acceptors (Lipinski definition) is 5. The van der Waals surface area contributed by atoms with Gasteiger partial charge in [0.25, 0.3) is 0 Å². The molecule has 11 aromatic rings. The van der Waals surface area contributed by atoms with Crippen LogP contribution in [0.1, 0.15) is 24.5 Å². The number of benzene rings is 9. The van der Waals surface area contributed by atoms with Gasteiger partial charge in [-0.05, 0) is 114 Å². The maximum Gasteiger partial charge on any atom is 0.197 e. The molecule has 1 N–H and O–H groups in total. The van der Waals surface area contributed by atoms with Gasteiger partial charge in [0.05, 0.1) is 26.7 Å². The molecule has 2 aliphatic heterocycles. The van der Waals surface area contributed by atoms with Crippen LogP contribution in [0, 0.1) is 6.92 Å². The van der Waals surface area contributed by atoms with E-state index in [1.165, 1.54) is 59.0 Å². The van der Waals surface area contributed by atoms with Crippen molar-refractivity contribution < 1.29 is 4.74 Å². The molecular formula is C60H43BN3OS2. The zero-order valence-corrected chi connectivity index (χ0v) is 38.7. The van der Waals surface area contributed by atoms with E-state index >= 15 is 0 Å². The number of ether oxygens (including phenoxy) is 1. The summed E-state index contributed by atoms with van der Waals surface area (Å²) in [6.45, 7) is 4.50. The summed E-state index contributed by atoms with van der Waals surface area (Å²) in [7, 11) is 2.42. The van der Waals surface area contributed by atoms with Crippen molar-refractivity contribution in [3.8, 4) is 33.8 Å². The highest BCUT2D eigenvalue weighted by Gasteiger charge is 2.33. The van der Waals surface area contributed by atoms with E-state index in [0.717, 1.165) is 84.8 Å². The highest BCUT2D eigenvalue weighted by atomic mass is 32.2. The highest BCUT2D eigenvalue weighted by Crippen LogP contribution is 2.52. The average molecular weight is 897 g/mol. The molecule has 0 unspecified atom stereocenters. The lowest BCUT2D eigenvalue weighted by molar-refractivity contribution is 0.455. The lowest BCUT2D eigenvalue weighted by atomic mass is 9.58. The third-order valence-electron chi connectivity index (χ3n) is 13.2. The first-order chi connectivity index (χ1) is 33.1. The summed E-state index contributed by atoms with van der Waals surface area (Å²) in [4.78, 5) is 12.4. The summed E-state index contributed by atoms with van der Waals surface area (Å²) < 4.78 is 8.00. The van der Waals surface area contributed by atoms with Gasteiger partial charge in [-0.1, -0.05) is 146 Å². The number of aryl methyl sites for hydroxylation is 2. The van der Waals surface area contributed by atoms with E-state index in [2.05, 4.69) is 224 Å². The van der Waals surface area contributed by atoms with E-state index in [1.807, 2.05) is 17.4 Å². The van der Waals surface area contributed by atoms with Crippen LogP contribution < -0.4 is 25.5 Å². The van der Waals surface area contributed by atoms with Crippen molar-refractivity contribution in [2.45, 2.75) is 36.5 Å². The molecule has 0 atom stereocenters. The summed E-state index contributed by atoms with van der Waals surface area (Å²) in [5.41, 5.74) is 17.4. The number of rotatable bonds is 8. The van der Waals surface area contributed by atoms with Crippen molar-refractivity contribution in [2.75, 3.05) is 9.80 Å². The normalized spacial score (nSPS) is 12.6. The van der Waals surface area contributed by atoms with Gasteiger partial charge in [0, 0.05) is 60.8 Å². The SMILES string of the molecule is CCCc1ccc(N2c3cc4c(cc3[B]c3c(-c5ccc(N(c6ccccc6)c6ccccc6)c6c5[nH]c5sc7ccccc7c56)cc(C)cc32)Sc2ccccc2O4)c(-c2ccccc2)c1. The van der Waals surface area contributed by atoms with Crippen LogP contribution in [0.2, 0.25) is 0 Å². The first-order valence-corrected chi connectivity index (χ1v) is 24.7. The monoisotopic (exact) mass is 896 g/mol. The van der Waals surface area contributed by atoms with Gasteiger partial charge < -0.3 is 19.5 Å². The third kappa shape index (κ3) is 6.67. The Balaban J connectivity index is 1.08. The molecule has 319 valence electrons. The second-order valence-corrected chi connectivity index (χ2v) is 19.7. The van der Waals surface area contributed by atoms with Crippen LogP contribution in [0.5, 0.6) is 11.5 Å². The summed E-state index contributed by atoms with van der Waals surface area (Å²) in [6, 6.07) is 70.7. The van der Waals surface area contributed by atoms with Crippen LogP contribution >= 0.6 is 23.1 Å². The molecule has 0 amide bonds. The molecule has 7 heteroatoms. The van der Waals surface area contributed by atoms with E-state index in [4.69, 9.17) is 4.74 Å². The number of nitrogens with zero attached hydrogens (tertiary/aromatic N) is 2. The van der Waals surface area contributed by atoms with E-state index in [-0.39, 0.29) is 0 Å². The topological polar surface area (TPSA) is 31.5 Å². The van der Waals surface area contributed by atoms with Crippen molar-refractivity contribution in [1.29, 1.82) is 0 Å². The van der Waals surface area contributed by atoms with Crippen LogP contribution in [0.3, 0.4) is 0 Å². The van der Waals surface area contributed by atoms with E-state index in [0.29, 0.717) is 0 Å². The lowest BCUT2D eigenvalue weighted by Crippen LogP contribution is -2.41. The Morgan fingerprint density at radius 3 is 2.12 bits per heavy atom. The van der Waals surface area contributed by atoms with Crippen LogP contribution in [0.25, 0.3) is 53.5 Å². The number of aromatic amines is 1. The van der Waals surface area contributed by atoms with Gasteiger partial charge in [-0.15, -0.1) is 11.3 Å². The standard InChI is InChI=1S/C60H43BN3OS2/c1-3-17-38-28-30-47(44(34-38)39-18-7-4-8-19-39)64-49-36-52-55(66-54-27-16-14-25-51(54)65-52)35-46(49)61-58-45(32-37(2)33-50(58)64)42-29-31-48(63(40-20-9-5-10-21-40)41-22-11-6-12-23-41)57-56-43-24-13-15-26-53(43)67-60(56)62-59(42)57/h4-16,18-36,62H,3,17H2,1-2H3. The zero-order chi connectivity index (χ0) is 44.6. The van der Waals surface area contributed by atoms with Gasteiger partial charge in [-0.3, -0.25) is 0 Å². The first-order valence-electron chi connectivity index (χ1n) is 23.0. The minimum Gasteiger partial charge on any atom is -0.455 e. The third-order valence-corrected chi connectivity index (χ3v) is 15.4. The van der Waals surface area contributed by atoms with Crippen LogP contribution in [-0.4, -0.2) is 12.3 Å². The molecule has 0 fully saturated rings. The van der Waals surface area contributed by atoms with Gasteiger partial charge in [-0.25, -0.2) is 0 Å². The Hall–Kier alpha value is -7.45. The van der Waals surface area contributed by atoms with Gasteiger partial charge in [0.15, 0.2) is 7.28 Å². The fourth-order valence-corrected chi connectivity index (χ4v) is 12.4. The molecule has 9 aromatic carbocycles. The number of para-hydroxylation sites is 3. The molecule has 4 nitrogen and oxygen atoms in total. The van der Waals surface area contributed by atoms with E-state index in [9.17, 15) is 0 Å². The smallest absolute Gasteiger partial charge is 0.197 e. The maximum atomic E-state index is 6.72. The Labute approximate surface area is 399 Å². The Bertz CT molecular complexity index is 3680. The zero-order valence-electron chi connectivity index (χ0n) is 37.1. The van der Waals surface area contributed by atoms with Crippen LogP contribution in [0.4, 0.5) is 34.1 Å². The molecule has 1 radical (unpaired) electrons. The Morgan fingerprint density at radius 2 is 1.33 bits per heavy atom. The van der Waals surface area contributed by atoms with Gasteiger partial charge >= 0.3 is 0 Å². The van der Waals surface area contributed by atoms with Crippen molar-refractivity contribution in [2.24, 2.45) is 0 Å². The maximum absolute atomic E-state index is 6.72. The van der Waals surface area contributed by atoms with Crippen molar-refractivity contribution in [1.82, 2.24) is 4.98 Å². The lowest BCUT2D eigenvalue weighted by Gasteiger charge is -2.37. The number of H-pyrrole nitrogens is 1. The highest BCUT2D eigenvalue weighted by molar-refractivity contribution is 7.99. The second-order valence-electron chi connectivity index (χ2n) is 17.5. The molecule has 0 bridgehead atoms. The molecule has 0 spiro atoms. The van der Waals surface area contributed by atoms with Crippen LogP contribution in [0.15, 0.2) is 204 Å². The summed E-state index contributed by atoms with van der Waals surface area (Å²) in [6.07, 6.45) is 2.10. The number of aromatic nitrogens is 1. The first kappa shape index (κ1) is 39.9. The largest absolute Gasteiger partial charge is 0.455 e. The fourth-order valence-electron chi connectivity index (χ4n) is 10.3. The quantitative estimate of drug-likeness (QED) is 0.154. The molecule has 0 saturated heterocycles. The predicted octanol–water partition coefficient (Wildman–Crippen LogP) is 16.3. The minimum absolute atomic E-state index is 0.874.